The molecule has 24 heavy (non-hydrogen) atoms. The molecule has 2 amide bonds. The zero-order valence-corrected chi connectivity index (χ0v) is 14.1. The van der Waals surface area contributed by atoms with Crippen LogP contribution in [0.3, 0.4) is 0 Å². The maximum atomic E-state index is 12.3. The van der Waals surface area contributed by atoms with E-state index < -0.39 is 5.92 Å². The first-order valence-electron chi connectivity index (χ1n) is 7.55. The second-order valence-corrected chi connectivity index (χ2v) is 6.45. The average molecular weight is 343 g/mol. The Morgan fingerprint density at radius 3 is 2.67 bits per heavy atom. The highest BCUT2D eigenvalue weighted by Crippen LogP contribution is 2.19. The average Bonchev–Trinajstić information content (AvgIpc) is 3.22. The van der Waals surface area contributed by atoms with Gasteiger partial charge in [0.25, 0.3) is 5.91 Å². The summed E-state index contributed by atoms with van der Waals surface area (Å²) >= 11 is 1.36. The summed E-state index contributed by atoms with van der Waals surface area (Å²) in [4.78, 5) is 29.2. The molecule has 0 bridgehead atoms. The molecule has 3 aromatic rings. The van der Waals surface area contributed by atoms with E-state index in [1.54, 1.807) is 26.0 Å². The van der Waals surface area contributed by atoms with Gasteiger partial charge in [0.1, 0.15) is 5.52 Å². The summed E-state index contributed by atoms with van der Waals surface area (Å²) in [6, 6.07) is 10.7. The third kappa shape index (κ3) is 3.46. The molecular weight excluding hydrogens is 326 g/mol. The number of carbonyl (C=O) groups excluding carboxylic acids is 2. The van der Waals surface area contributed by atoms with Crippen LogP contribution in [0.1, 0.15) is 23.5 Å². The van der Waals surface area contributed by atoms with E-state index >= 15 is 0 Å². The van der Waals surface area contributed by atoms with E-state index in [-0.39, 0.29) is 23.9 Å². The number of aromatic nitrogens is 1. The normalized spacial score (nSPS) is 13.4. The van der Waals surface area contributed by atoms with Gasteiger partial charge < -0.3 is 9.73 Å². The number of benzene rings is 1. The predicted molar refractivity (Wildman–Crippen MR) is 93.0 cm³/mol. The molecule has 3 rings (SSSR count). The van der Waals surface area contributed by atoms with Crippen molar-refractivity contribution in [3.63, 3.8) is 0 Å². The highest BCUT2D eigenvalue weighted by atomic mass is 32.1. The molecule has 0 saturated carbocycles. The summed E-state index contributed by atoms with van der Waals surface area (Å²) in [6.07, 6.45) is 0. The van der Waals surface area contributed by atoms with E-state index in [1.807, 2.05) is 29.6 Å². The van der Waals surface area contributed by atoms with Crippen LogP contribution in [-0.4, -0.2) is 22.8 Å². The molecule has 1 aromatic carbocycles. The predicted octanol–water partition coefficient (Wildman–Crippen LogP) is 3.28. The van der Waals surface area contributed by atoms with Gasteiger partial charge in [-0.15, -0.1) is 11.3 Å². The molecule has 124 valence electrons. The van der Waals surface area contributed by atoms with Gasteiger partial charge >= 0.3 is 6.01 Å². The third-order valence-electron chi connectivity index (χ3n) is 3.79. The summed E-state index contributed by atoms with van der Waals surface area (Å²) in [5.41, 5.74) is 1.29. The van der Waals surface area contributed by atoms with Crippen molar-refractivity contribution in [3.8, 4) is 0 Å². The van der Waals surface area contributed by atoms with Crippen molar-refractivity contribution >= 4 is 40.3 Å². The lowest BCUT2D eigenvalue weighted by molar-refractivity contribution is -0.120. The van der Waals surface area contributed by atoms with Crippen LogP contribution in [0.4, 0.5) is 6.01 Å². The van der Waals surface area contributed by atoms with Gasteiger partial charge in [0.15, 0.2) is 5.58 Å². The molecule has 2 heterocycles. The van der Waals surface area contributed by atoms with Crippen LogP contribution >= 0.6 is 11.3 Å². The van der Waals surface area contributed by atoms with Crippen molar-refractivity contribution in [2.75, 3.05) is 5.32 Å². The van der Waals surface area contributed by atoms with Crippen LogP contribution in [0.5, 0.6) is 0 Å². The topological polar surface area (TPSA) is 84.2 Å². The van der Waals surface area contributed by atoms with Crippen LogP contribution in [0, 0.1) is 5.92 Å². The maximum absolute atomic E-state index is 12.3. The molecule has 2 atom stereocenters. The Labute approximate surface area is 142 Å². The minimum Gasteiger partial charge on any atom is -0.423 e. The molecule has 0 aliphatic rings. The third-order valence-corrected chi connectivity index (χ3v) is 4.66. The van der Waals surface area contributed by atoms with Crippen LogP contribution in [0.15, 0.2) is 46.2 Å². The summed E-state index contributed by atoms with van der Waals surface area (Å²) in [6.45, 7) is 3.54. The lowest BCUT2D eigenvalue weighted by Crippen LogP contribution is -2.41. The maximum Gasteiger partial charge on any atom is 0.302 e. The highest BCUT2D eigenvalue weighted by Gasteiger charge is 2.24. The van der Waals surface area contributed by atoms with Gasteiger partial charge in [-0.05, 0) is 30.5 Å². The number of nitrogens with zero attached hydrogens (tertiary/aromatic N) is 1. The molecule has 0 fully saturated rings. The molecule has 0 radical (unpaired) electrons. The van der Waals surface area contributed by atoms with Crippen LogP contribution in [-0.2, 0) is 4.79 Å². The first-order valence-corrected chi connectivity index (χ1v) is 8.43. The van der Waals surface area contributed by atoms with E-state index in [9.17, 15) is 9.59 Å². The minimum atomic E-state index is -0.441. The second-order valence-electron chi connectivity index (χ2n) is 5.50. The summed E-state index contributed by atoms with van der Waals surface area (Å²) in [5.74, 6) is -0.886. The van der Waals surface area contributed by atoms with Gasteiger partial charge in [-0.2, -0.15) is 4.98 Å². The molecule has 2 N–H and O–H groups in total. The van der Waals surface area contributed by atoms with E-state index in [0.29, 0.717) is 16.0 Å². The Morgan fingerprint density at radius 2 is 1.96 bits per heavy atom. The van der Waals surface area contributed by atoms with Gasteiger partial charge in [0, 0.05) is 6.04 Å². The number of carbonyl (C=O) groups is 2. The number of hydrogen-bond donors (Lipinski definition) is 2. The van der Waals surface area contributed by atoms with E-state index in [0.717, 1.165) is 0 Å². The molecule has 0 unspecified atom stereocenters. The molecule has 0 aliphatic heterocycles. The zero-order chi connectivity index (χ0) is 17.1. The first kappa shape index (κ1) is 16.2. The van der Waals surface area contributed by atoms with E-state index in [4.69, 9.17) is 4.42 Å². The fourth-order valence-electron chi connectivity index (χ4n) is 2.18. The SMILES string of the molecule is C[C@H](NC(=O)c1cccs1)[C@H](C)C(=O)Nc1nc2ccccc2o1. The molecule has 0 saturated heterocycles. The van der Waals surface area contributed by atoms with Gasteiger partial charge in [-0.3, -0.25) is 14.9 Å². The number of rotatable bonds is 5. The standard InChI is InChI=1S/C17H17N3O3S/c1-10(11(2)18-16(22)14-8-5-9-24-14)15(21)20-17-19-12-6-3-4-7-13(12)23-17/h3-11H,1-2H3,(H,18,22)(H,19,20,21)/t10-,11-/m0/s1. The highest BCUT2D eigenvalue weighted by molar-refractivity contribution is 7.12. The molecule has 0 aliphatic carbocycles. The number of anilines is 1. The van der Waals surface area contributed by atoms with Gasteiger partial charge in [-0.1, -0.05) is 25.1 Å². The van der Waals surface area contributed by atoms with Gasteiger partial charge in [0.2, 0.25) is 5.91 Å². The number of para-hydroxylation sites is 2. The van der Waals surface area contributed by atoms with E-state index in [1.165, 1.54) is 11.3 Å². The Bertz CT molecular complexity index is 824. The largest absolute Gasteiger partial charge is 0.423 e. The Balaban J connectivity index is 1.62. The number of oxazole rings is 1. The number of fused-ring (bicyclic) bond motifs is 1. The fourth-order valence-corrected chi connectivity index (χ4v) is 2.81. The lowest BCUT2D eigenvalue weighted by atomic mass is 10.0. The zero-order valence-electron chi connectivity index (χ0n) is 13.3. The van der Waals surface area contributed by atoms with Crippen molar-refractivity contribution in [1.82, 2.24) is 10.3 Å². The Morgan fingerprint density at radius 1 is 1.17 bits per heavy atom. The second kappa shape index (κ2) is 6.84. The summed E-state index contributed by atoms with van der Waals surface area (Å²) in [5, 5.41) is 7.33. The van der Waals surface area contributed by atoms with Crippen molar-refractivity contribution in [2.24, 2.45) is 5.92 Å². The molecular formula is C17H17N3O3S. The number of nitrogens with one attached hydrogen (secondary N) is 2. The lowest BCUT2D eigenvalue weighted by Gasteiger charge is -2.19. The smallest absolute Gasteiger partial charge is 0.302 e. The van der Waals surface area contributed by atoms with Crippen molar-refractivity contribution in [2.45, 2.75) is 19.9 Å². The van der Waals surface area contributed by atoms with Crippen molar-refractivity contribution in [1.29, 1.82) is 0 Å². The summed E-state index contributed by atoms with van der Waals surface area (Å²) < 4.78 is 5.48. The van der Waals surface area contributed by atoms with E-state index in [2.05, 4.69) is 15.6 Å². The fraction of sp³-hybridized carbons (Fsp3) is 0.235. The number of amides is 2. The molecule has 6 nitrogen and oxygen atoms in total. The van der Waals surface area contributed by atoms with Crippen molar-refractivity contribution in [3.05, 3.63) is 46.7 Å². The Hall–Kier alpha value is -2.67. The molecule has 2 aromatic heterocycles. The first-order chi connectivity index (χ1) is 11.5. The summed E-state index contributed by atoms with van der Waals surface area (Å²) in [7, 11) is 0. The minimum absolute atomic E-state index is 0.157. The molecule has 0 spiro atoms. The van der Waals surface area contributed by atoms with Crippen LogP contribution < -0.4 is 10.6 Å². The quantitative estimate of drug-likeness (QED) is 0.744. The van der Waals surface area contributed by atoms with Gasteiger partial charge in [-0.25, -0.2) is 0 Å². The van der Waals surface area contributed by atoms with Gasteiger partial charge in [0.05, 0.1) is 10.8 Å². The van der Waals surface area contributed by atoms with Crippen LogP contribution in [0.25, 0.3) is 11.1 Å². The van der Waals surface area contributed by atoms with Crippen molar-refractivity contribution < 1.29 is 14.0 Å². The van der Waals surface area contributed by atoms with Crippen LogP contribution in [0.2, 0.25) is 0 Å². The molecule has 7 heteroatoms. The number of thiophene rings is 1. The Kier molecular flexibility index (Phi) is 4.61. The number of hydrogen-bond acceptors (Lipinski definition) is 5. The monoisotopic (exact) mass is 343 g/mol.